The van der Waals surface area contributed by atoms with E-state index in [1.54, 1.807) is 0 Å². The highest BCUT2D eigenvalue weighted by molar-refractivity contribution is 5.19. The van der Waals surface area contributed by atoms with Crippen LogP contribution in [0.5, 0.6) is 0 Å². The highest BCUT2D eigenvalue weighted by Crippen LogP contribution is 2.13. The SMILES string of the molecule is CC(NNC(C)c1ccccc1)c1ccccc1. The second kappa shape index (κ2) is 6.34. The van der Waals surface area contributed by atoms with E-state index in [-0.39, 0.29) is 12.1 Å². The Morgan fingerprint density at radius 1 is 0.611 bits per heavy atom. The highest BCUT2D eigenvalue weighted by atomic mass is 15.4. The average molecular weight is 240 g/mol. The maximum atomic E-state index is 3.35. The molecule has 2 heteroatoms. The van der Waals surface area contributed by atoms with E-state index < -0.39 is 0 Å². The lowest BCUT2D eigenvalue weighted by atomic mass is 10.1. The number of nitrogens with one attached hydrogen (secondary N) is 2. The largest absolute Gasteiger partial charge is 0.250 e. The summed E-state index contributed by atoms with van der Waals surface area (Å²) in [6.45, 7) is 4.31. The van der Waals surface area contributed by atoms with Crippen molar-refractivity contribution >= 4 is 0 Å². The van der Waals surface area contributed by atoms with Crippen molar-refractivity contribution in [1.82, 2.24) is 10.9 Å². The topological polar surface area (TPSA) is 24.1 Å². The van der Waals surface area contributed by atoms with Crippen LogP contribution in [0.25, 0.3) is 0 Å². The predicted molar refractivity (Wildman–Crippen MR) is 76.0 cm³/mol. The van der Waals surface area contributed by atoms with E-state index in [2.05, 4.69) is 73.2 Å². The zero-order valence-corrected chi connectivity index (χ0v) is 10.9. The van der Waals surface area contributed by atoms with Crippen molar-refractivity contribution in [1.29, 1.82) is 0 Å². The third-order valence-corrected chi connectivity index (χ3v) is 3.12. The normalized spacial score (nSPS) is 14.1. The zero-order chi connectivity index (χ0) is 12.8. The fraction of sp³-hybridized carbons (Fsp3) is 0.250. The molecule has 0 amide bonds. The first kappa shape index (κ1) is 12.8. The summed E-state index contributed by atoms with van der Waals surface area (Å²) in [6, 6.07) is 21.4. The van der Waals surface area contributed by atoms with Crippen molar-refractivity contribution in [2.75, 3.05) is 0 Å². The fourth-order valence-corrected chi connectivity index (χ4v) is 1.90. The van der Waals surface area contributed by atoms with Gasteiger partial charge in [0.25, 0.3) is 0 Å². The van der Waals surface area contributed by atoms with Crippen molar-refractivity contribution in [2.24, 2.45) is 0 Å². The van der Waals surface area contributed by atoms with E-state index in [1.807, 2.05) is 12.1 Å². The monoisotopic (exact) mass is 240 g/mol. The van der Waals surface area contributed by atoms with Crippen LogP contribution in [0.15, 0.2) is 60.7 Å². The smallest absolute Gasteiger partial charge is 0.0434 e. The molecular formula is C16H20N2. The van der Waals surface area contributed by atoms with Gasteiger partial charge < -0.3 is 0 Å². The minimum atomic E-state index is 0.289. The van der Waals surface area contributed by atoms with Gasteiger partial charge in [-0.2, -0.15) is 0 Å². The second-order valence-corrected chi connectivity index (χ2v) is 4.55. The lowest BCUT2D eigenvalue weighted by Crippen LogP contribution is -2.36. The van der Waals surface area contributed by atoms with E-state index in [0.717, 1.165) is 0 Å². The van der Waals surface area contributed by atoms with E-state index in [4.69, 9.17) is 0 Å². The summed E-state index contributed by atoms with van der Waals surface area (Å²) in [4.78, 5) is 0. The minimum Gasteiger partial charge on any atom is -0.250 e. The summed E-state index contributed by atoms with van der Waals surface area (Å²) in [5, 5.41) is 0. The molecule has 0 heterocycles. The Hall–Kier alpha value is -1.64. The Morgan fingerprint density at radius 2 is 0.944 bits per heavy atom. The van der Waals surface area contributed by atoms with Crippen LogP contribution in [0.3, 0.4) is 0 Å². The van der Waals surface area contributed by atoms with E-state index >= 15 is 0 Å². The number of hydrazine groups is 1. The standard InChI is InChI=1S/C16H20N2/c1-13(15-9-5-3-6-10-15)17-18-14(2)16-11-7-4-8-12-16/h3-14,17-18H,1-2H3. The van der Waals surface area contributed by atoms with Gasteiger partial charge in [-0.1, -0.05) is 60.7 Å². The molecule has 0 aliphatic rings. The molecule has 0 spiro atoms. The quantitative estimate of drug-likeness (QED) is 0.780. The van der Waals surface area contributed by atoms with Crippen molar-refractivity contribution < 1.29 is 0 Å². The van der Waals surface area contributed by atoms with Crippen molar-refractivity contribution in [2.45, 2.75) is 25.9 Å². The van der Waals surface area contributed by atoms with Gasteiger partial charge in [-0.05, 0) is 25.0 Å². The van der Waals surface area contributed by atoms with Crippen LogP contribution in [-0.2, 0) is 0 Å². The molecule has 18 heavy (non-hydrogen) atoms. The predicted octanol–water partition coefficient (Wildman–Crippen LogP) is 3.60. The molecule has 0 bridgehead atoms. The molecule has 2 unspecified atom stereocenters. The first-order chi connectivity index (χ1) is 8.77. The van der Waals surface area contributed by atoms with Gasteiger partial charge in [-0.3, -0.25) is 10.9 Å². The van der Waals surface area contributed by atoms with Crippen LogP contribution in [0, 0.1) is 0 Å². The Kier molecular flexibility index (Phi) is 4.51. The first-order valence-corrected chi connectivity index (χ1v) is 6.38. The zero-order valence-electron chi connectivity index (χ0n) is 10.9. The summed E-state index contributed by atoms with van der Waals surface area (Å²) in [6.07, 6.45) is 0. The molecule has 2 aromatic rings. The summed E-state index contributed by atoms with van der Waals surface area (Å²) in [5.41, 5.74) is 9.26. The van der Waals surface area contributed by atoms with Gasteiger partial charge in [-0.25, -0.2) is 0 Å². The first-order valence-electron chi connectivity index (χ1n) is 6.38. The molecule has 0 fully saturated rings. The van der Waals surface area contributed by atoms with Gasteiger partial charge in [0.05, 0.1) is 0 Å². The van der Waals surface area contributed by atoms with Gasteiger partial charge in [-0.15, -0.1) is 0 Å². The highest BCUT2D eigenvalue weighted by Gasteiger charge is 2.07. The van der Waals surface area contributed by atoms with Gasteiger partial charge in [0, 0.05) is 12.1 Å². The van der Waals surface area contributed by atoms with Gasteiger partial charge in [0.1, 0.15) is 0 Å². The molecule has 94 valence electrons. The molecule has 0 aliphatic carbocycles. The molecule has 0 saturated carbocycles. The molecule has 2 rings (SSSR count). The molecule has 0 radical (unpaired) electrons. The van der Waals surface area contributed by atoms with Crippen LogP contribution in [0.2, 0.25) is 0 Å². The van der Waals surface area contributed by atoms with Crippen LogP contribution in [0.1, 0.15) is 37.1 Å². The maximum Gasteiger partial charge on any atom is 0.0434 e. The Morgan fingerprint density at radius 3 is 1.28 bits per heavy atom. The third-order valence-electron chi connectivity index (χ3n) is 3.12. The lowest BCUT2D eigenvalue weighted by molar-refractivity contribution is 0.411. The number of benzene rings is 2. The molecule has 2 atom stereocenters. The van der Waals surface area contributed by atoms with Gasteiger partial charge in [0.2, 0.25) is 0 Å². The Bertz CT molecular complexity index is 408. The molecule has 2 N–H and O–H groups in total. The van der Waals surface area contributed by atoms with Crippen LogP contribution >= 0.6 is 0 Å². The Balaban J connectivity index is 1.89. The minimum absolute atomic E-state index is 0.289. The van der Waals surface area contributed by atoms with E-state index in [0.29, 0.717) is 0 Å². The average Bonchev–Trinajstić information content (AvgIpc) is 2.46. The van der Waals surface area contributed by atoms with Crippen LogP contribution < -0.4 is 10.9 Å². The van der Waals surface area contributed by atoms with Gasteiger partial charge in [0.15, 0.2) is 0 Å². The maximum absolute atomic E-state index is 3.35. The molecule has 2 nitrogen and oxygen atoms in total. The van der Waals surface area contributed by atoms with E-state index in [9.17, 15) is 0 Å². The van der Waals surface area contributed by atoms with Crippen molar-refractivity contribution in [3.8, 4) is 0 Å². The molecule has 0 aliphatic heterocycles. The summed E-state index contributed by atoms with van der Waals surface area (Å²) in [7, 11) is 0. The summed E-state index contributed by atoms with van der Waals surface area (Å²) >= 11 is 0. The second-order valence-electron chi connectivity index (χ2n) is 4.55. The summed E-state index contributed by atoms with van der Waals surface area (Å²) < 4.78 is 0. The van der Waals surface area contributed by atoms with Crippen LogP contribution in [-0.4, -0.2) is 0 Å². The lowest BCUT2D eigenvalue weighted by Gasteiger charge is -2.20. The Labute approximate surface area is 109 Å². The van der Waals surface area contributed by atoms with Gasteiger partial charge >= 0.3 is 0 Å². The van der Waals surface area contributed by atoms with Crippen molar-refractivity contribution in [3.05, 3.63) is 71.8 Å². The van der Waals surface area contributed by atoms with Crippen molar-refractivity contribution in [3.63, 3.8) is 0 Å². The third kappa shape index (κ3) is 3.42. The molecule has 0 aromatic heterocycles. The molecule has 0 saturated heterocycles. The molecule has 2 aromatic carbocycles. The fourth-order valence-electron chi connectivity index (χ4n) is 1.90. The number of rotatable bonds is 5. The number of hydrogen-bond acceptors (Lipinski definition) is 2. The van der Waals surface area contributed by atoms with E-state index in [1.165, 1.54) is 11.1 Å². The molecular weight excluding hydrogens is 220 g/mol. The number of hydrogen-bond donors (Lipinski definition) is 2. The van der Waals surface area contributed by atoms with Crippen LogP contribution in [0.4, 0.5) is 0 Å². The summed E-state index contributed by atoms with van der Waals surface area (Å²) in [5.74, 6) is 0.